The molecule has 2 rings (SSSR count). The second kappa shape index (κ2) is 13.0. The molecule has 180 valence electrons. The Bertz CT molecular complexity index is 900. The van der Waals surface area contributed by atoms with Crippen LogP contribution in [0.1, 0.15) is 31.9 Å². The fraction of sp³-hybridized carbons (Fsp3) is 0.440. The predicted molar refractivity (Wildman–Crippen MR) is 134 cm³/mol. The summed E-state index contributed by atoms with van der Waals surface area (Å²) in [7, 11) is 1.60. The van der Waals surface area contributed by atoms with E-state index in [0.29, 0.717) is 42.7 Å². The second-order valence-electron chi connectivity index (χ2n) is 8.68. The summed E-state index contributed by atoms with van der Waals surface area (Å²) < 4.78 is 16.6. The van der Waals surface area contributed by atoms with Gasteiger partial charge in [-0.25, -0.2) is 0 Å². The number of benzene rings is 2. The average molecular weight is 474 g/mol. The number of rotatable bonds is 11. The molecule has 0 fully saturated rings. The Kier molecular flexibility index (Phi) is 10.4. The largest absolute Gasteiger partial charge is 0.493 e. The maximum absolute atomic E-state index is 12.2. The Labute approximate surface area is 202 Å². The molecule has 2 aromatic rings. The van der Waals surface area contributed by atoms with Gasteiger partial charge >= 0.3 is 5.97 Å². The number of methoxy groups -OCH3 is 1. The second-order valence-corrected chi connectivity index (χ2v) is 9.09. The topological polar surface area (TPSA) is 94.8 Å². The SMILES string of the molecule is COc1cc(CNC(=S)N[C@@H](COC(=O)C(C)(C)C)Cc2ccccc2)ccc1OCCN. The Morgan fingerprint density at radius 1 is 1.09 bits per heavy atom. The number of nitrogens with one attached hydrogen (secondary N) is 2. The number of carbonyl (C=O) groups excluding carboxylic acids is 1. The minimum Gasteiger partial charge on any atom is -0.493 e. The first-order valence-corrected chi connectivity index (χ1v) is 11.4. The third-order valence-corrected chi connectivity index (χ3v) is 5.01. The molecule has 0 saturated carbocycles. The lowest BCUT2D eigenvalue weighted by Gasteiger charge is -2.23. The molecule has 0 radical (unpaired) electrons. The van der Waals surface area contributed by atoms with Crippen LogP contribution in [0.25, 0.3) is 0 Å². The van der Waals surface area contributed by atoms with Crippen LogP contribution in [0.15, 0.2) is 48.5 Å². The third-order valence-electron chi connectivity index (χ3n) is 4.74. The van der Waals surface area contributed by atoms with Crippen LogP contribution in [0.2, 0.25) is 0 Å². The smallest absolute Gasteiger partial charge is 0.311 e. The predicted octanol–water partition coefficient (Wildman–Crippen LogP) is 3.20. The van der Waals surface area contributed by atoms with Crippen molar-refractivity contribution in [3.63, 3.8) is 0 Å². The number of hydrogen-bond donors (Lipinski definition) is 3. The van der Waals surface area contributed by atoms with Gasteiger partial charge in [0.25, 0.3) is 0 Å². The standard InChI is InChI=1S/C25H35N3O4S/c1-25(2,3)23(29)32-17-20(14-18-8-6-5-7-9-18)28-24(33)27-16-19-10-11-21(31-13-12-26)22(15-19)30-4/h5-11,15,20H,12-14,16-17,26H2,1-4H3,(H2,27,28,33)/t20-/m1/s1. The third kappa shape index (κ3) is 9.27. The summed E-state index contributed by atoms with van der Waals surface area (Å²) in [5, 5.41) is 6.97. The van der Waals surface area contributed by atoms with E-state index in [1.54, 1.807) is 7.11 Å². The van der Waals surface area contributed by atoms with E-state index in [-0.39, 0.29) is 18.6 Å². The number of nitrogens with two attached hydrogens (primary N) is 1. The number of esters is 1. The first kappa shape index (κ1) is 26.4. The summed E-state index contributed by atoms with van der Waals surface area (Å²) in [5.74, 6) is 1.04. The van der Waals surface area contributed by atoms with Crippen molar-refractivity contribution < 1.29 is 19.0 Å². The van der Waals surface area contributed by atoms with Crippen LogP contribution in [-0.4, -0.2) is 44.0 Å². The average Bonchev–Trinajstić information content (AvgIpc) is 2.79. The zero-order valence-electron chi connectivity index (χ0n) is 19.9. The highest BCUT2D eigenvalue weighted by Gasteiger charge is 2.24. The van der Waals surface area contributed by atoms with Crippen LogP contribution in [0.4, 0.5) is 0 Å². The van der Waals surface area contributed by atoms with Gasteiger partial charge < -0.3 is 30.6 Å². The highest BCUT2D eigenvalue weighted by Crippen LogP contribution is 2.28. The minimum absolute atomic E-state index is 0.166. The zero-order chi connectivity index (χ0) is 24.3. The van der Waals surface area contributed by atoms with Crippen molar-refractivity contribution in [3.05, 3.63) is 59.7 Å². The van der Waals surface area contributed by atoms with Crippen molar-refractivity contribution in [2.45, 2.75) is 39.8 Å². The van der Waals surface area contributed by atoms with Crippen LogP contribution in [0.5, 0.6) is 11.5 Å². The molecule has 0 bridgehead atoms. The maximum atomic E-state index is 12.2. The summed E-state index contributed by atoms with van der Waals surface area (Å²) in [6, 6.07) is 15.5. The van der Waals surface area contributed by atoms with Gasteiger partial charge in [-0.1, -0.05) is 36.4 Å². The maximum Gasteiger partial charge on any atom is 0.311 e. The van der Waals surface area contributed by atoms with Crippen LogP contribution >= 0.6 is 12.2 Å². The van der Waals surface area contributed by atoms with Gasteiger partial charge in [0.2, 0.25) is 0 Å². The normalized spacial score (nSPS) is 11.9. The van der Waals surface area contributed by atoms with E-state index in [0.717, 1.165) is 11.1 Å². The van der Waals surface area contributed by atoms with Gasteiger partial charge in [0.05, 0.1) is 18.6 Å². The molecule has 0 aromatic heterocycles. The Balaban J connectivity index is 1.97. The van der Waals surface area contributed by atoms with E-state index in [9.17, 15) is 4.79 Å². The lowest BCUT2D eigenvalue weighted by atomic mass is 9.97. The van der Waals surface area contributed by atoms with E-state index in [1.807, 2.05) is 69.3 Å². The molecule has 0 saturated heterocycles. The molecule has 0 unspecified atom stereocenters. The number of carbonyl (C=O) groups is 1. The molecule has 8 heteroatoms. The van der Waals surface area contributed by atoms with Crippen LogP contribution < -0.4 is 25.8 Å². The molecule has 1 atom stereocenters. The summed E-state index contributed by atoms with van der Waals surface area (Å²) >= 11 is 5.51. The highest BCUT2D eigenvalue weighted by atomic mass is 32.1. The van der Waals surface area contributed by atoms with Gasteiger partial charge in [-0.15, -0.1) is 0 Å². The molecular weight excluding hydrogens is 438 g/mol. The van der Waals surface area contributed by atoms with Gasteiger partial charge in [-0.3, -0.25) is 4.79 Å². The van der Waals surface area contributed by atoms with E-state index in [1.165, 1.54) is 0 Å². The lowest BCUT2D eigenvalue weighted by Crippen LogP contribution is -2.45. The van der Waals surface area contributed by atoms with E-state index < -0.39 is 5.41 Å². The number of thiocarbonyl (C=S) groups is 1. The molecule has 2 aromatic carbocycles. The monoisotopic (exact) mass is 473 g/mol. The van der Waals surface area contributed by atoms with Gasteiger partial charge in [0.1, 0.15) is 13.2 Å². The summed E-state index contributed by atoms with van der Waals surface area (Å²) in [6.07, 6.45) is 0.668. The highest BCUT2D eigenvalue weighted by molar-refractivity contribution is 7.80. The van der Waals surface area contributed by atoms with Crippen LogP contribution in [-0.2, 0) is 22.5 Å². The Morgan fingerprint density at radius 2 is 1.82 bits per heavy atom. The van der Waals surface area contributed by atoms with E-state index in [4.69, 9.17) is 32.2 Å². The van der Waals surface area contributed by atoms with Crippen LogP contribution in [0.3, 0.4) is 0 Å². The molecule has 7 nitrogen and oxygen atoms in total. The van der Waals surface area contributed by atoms with Crippen molar-refractivity contribution in [2.75, 3.05) is 26.9 Å². The number of ether oxygens (including phenoxy) is 3. The molecule has 0 aliphatic heterocycles. The van der Waals surface area contributed by atoms with Gasteiger partial charge in [0.15, 0.2) is 16.6 Å². The van der Waals surface area contributed by atoms with Gasteiger partial charge in [-0.05, 0) is 62.7 Å². The van der Waals surface area contributed by atoms with E-state index in [2.05, 4.69) is 10.6 Å². The van der Waals surface area contributed by atoms with Crippen molar-refractivity contribution in [1.82, 2.24) is 10.6 Å². The molecular formula is C25H35N3O4S. The number of hydrogen-bond acceptors (Lipinski definition) is 6. The molecule has 0 aliphatic rings. The Morgan fingerprint density at radius 3 is 2.45 bits per heavy atom. The molecule has 0 amide bonds. The molecule has 0 heterocycles. The summed E-state index contributed by atoms with van der Waals surface area (Å²) in [5.41, 5.74) is 7.05. The van der Waals surface area contributed by atoms with Crippen molar-refractivity contribution in [2.24, 2.45) is 11.1 Å². The molecule has 0 spiro atoms. The zero-order valence-corrected chi connectivity index (χ0v) is 20.7. The quantitative estimate of drug-likeness (QED) is 0.338. The minimum atomic E-state index is -0.560. The van der Waals surface area contributed by atoms with Gasteiger partial charge in [0, 0.05) is 13.1 Å². The van der Waals surface area contributed by atoms with E-state index >= 15 is 0 Å². The molecule has 4 N–H and O–H groups in total. The summed E-state index contributed by atoms with van der Waals surface area (Å²) in [6.45, 7) is 7.07. The van der Waals surface area contributed by atoms with Crippen LogP contribution in [0, 0.1) is 5.41 Å². The fourth-order valence-electron chi connectivity index (χ4n) is 2.97. The van der Waals surface area contributed by atoms with Crippen molar-refractivity contribution in [3.8, 4) is 11.5 Å². The molecule has 0 aliphatic carbocycles. The van der Waals surface area contributed by atoms with Gasteiger partial charge in [-0.2, -0.15) is 0 Å². The first-order chi connectivity index (χ1) is 15.7. The first-order valence-electron chi connectivity index (χ1n) is 11.0. The molecule has 33 heavy (non-hydrogen) atoms. The van der Waals surface area contributed by atoms with Crippen molar-refractivity contribution in [1.29, 1.82) is 0 Å². The fourth-order valence-corrected chi connectivity index (χ4v) is 3.21. The summed E-state index contributed by atoms with van der Waals surface area (Å²) in [4.78, 5) is 12.2. The van der Waals surface area contributed by atoms with Crippen molar-refractivity contribution >= 4 is 23.3 Å². The lowest BCUT2D eigenvalue weighted by molar-refractivity contribution is -0.153. The Hall–Kier alpha value is -2.84.